The number of unbranched alkanes of at least 4 members (excludes halogenated alkanes) is 2. The molecule has 4 aliphatic carbocycles. The highest BCUT2D eigenvalue weighted by molar-refractivity contribution is 5.90. The van der Waals surface area contributed by atoms with Crippen LogP contribution in [-0.4, -0.2) is 428 Å². The fourth-order valence-corrected chi connectivity index (χ4v) is 18.8. The first kappa shape index (κ1) is 85.4. The zero-order valence-corrected chi connectivity index (χ0v) is 60.7. The van der Waals surface area contributed by atoms with Crippen molar-refractivity contribution in [1.82, 2.24) is 14.8 Å². The topological polar surface area (TPSA) is 617 Å². The number of aliphatic hydroxyl groups excluding tert-OH is 19. The molecule has 41 heteroatoms. The second-order valence-electron chi connectivity index (χ2n) is 31.9. The van der Waals surface area contributed by atoms with Gasteiger partial charge < -0.3 is 188 Å². The number of aromatic carboxylic acids is 2. The Morgan fingerprint density at radius 2 is 0.667 bits per heavy atom. The standard InChI is InChI=1S/C70H109N3O38/c74-22-35-56-44(83)51(90)67(102-35)109-59-38(25-77)101-66(50(89)43(59)82)106-55-34-21-73(10-6-70-17-27-12-28(18-70)14-29(13-27)19-70)9-4-3-8-72(7-2-1-5-11-97-30-15-31(61(93)94)71-32(16-30)62(95)96)20-33-54(40(79)47(86)63(98-33)107-56)105-65-49(88)42(81)58(37(24-76)100-65)110-69-53(92)46(85)60(39(26-78)104-69)111-68-52(91)45(84)57(36(23-75)103-68)108-64(99-34)48(87)41(55)80/h15-16,27-29,33-60,63-69,74-92H,1-14,17-26H2,(H,93,94)(H,95,96)/t27?,28?,29?,33?,34?,35?,36?,37?,38?,39?,40?,41?,42?,43?,44?,45?,46?,47-,48-,49-,50-,51-,52-,53-,54-,55-,56-,57-,58-,59-,60-,63-,64-,65-,66-,67-,68-,69-,70?/m0/s1. The molecule has 0 radical (unpaired) electrons. The predicted octanol–water partition coefficient (Wildman–Crippen LogP) is -9.17. The number of rotatable bonds is 17. The Morgan fingerprint density at radius 1 is 0.378 bits per heavy atom. The van der Waals surface area contributed by atoms with Crippen molar-refractivity contribution in [1.29, 1.82) is 0 Å². The highest BCUT2D eigenvalue weighted by Crippen LogP contribution is 2.61. The molecular formula is C70H109N3O38. The van der Waals surface area contributed by atoms with E-state index in [1.807, 2.05) is 4.90 Å². The summed E-state index contributed by atoms with van der Waals surface area (Å²) in [6, 6.07) is 2.15. The molecule has 41 nitrogen and oxygen atoms in total. The molecule has 1 aromatic heterocycles. The second-order valence-corrected chi connectivity index (χ2v) is 31.9. The zero-order chi connectivity index (χ0) is 79.2. The number of nitrogens with zero attached hydrogens (tertiary/aromatic N) is 3. The predicted molar refractivity (Wildman–Crippen MR) is 359 cm³/mol. The maximum Gasteiger partial charge on any atom is 0.354 e. The van der Waals surface area contributed by atoms with Crippen LogP contribution in [0.5, 0.6) is 5.75 Å². The fraction of sp³-hybridized carbons (Fsp3) is 0.900. The lowest BCUT2D eigenvalue weighted by atomic mass is 9.49. The molecule has 19 rings (SSSR count). The number of carbonyl (C=O) groups is 2. The first-order valence-corrected chi connectivity index (χ1v) is 38.4. The summed E-state index contributed by atoms with van der Waals surface area (Å²) in [6.07, 6.45) is -61.0. The minimum absolute atomic E-state index is 0.0344. The molecule has 35 atom stereocenters. The molecule has 111 heavy (non-hydrogen) atoms. The van der Waals surface area contributed by atoms with Gasteiger partial charge in [0.2, 0.25) is 0 Å². The van der Waals surface area contributed by atoms with Crippen LogP contribution in [0.25, 0.3) is 0 Å². The van der Waals surface area contributed by atoms with Gasteiger partial charge >= 0.3 is 11.9 Å². The molecule has 1 aromatic rings. The van der Waals surface area contributed by atoms with Gasteiger partial charge in [0.25, 0.3) is 0 Å². The van der Waals surface area contributed by atoms with E-state index in [0.29, 0.717) is 62.8 Å². The van der Waals surface area contributed by atoms with Gasteiger partial charge in [-0.2, -0.15) is 0 Å². The summed E-state index contributed by atoms with van der Waals surface area (Å²) in [4.78, 5) is 31.3. The lowest BCUT2D eigenvalue weighted by molar-refractivity contribution is -0.396. The smallest absolute Gasteiger partial charge is 0.354 e. The van der Waals surface area contributed by atoms with Crippen LogP contribution in [0.2, 0.25) is 0 Å². The third kappa shape index (κ3) is 18.4. The van der Waals surface area contributed by atoms with Crippen LogP contribution in [0.3, 0.4) is 0 Å². The molecule has 632 valence electrons. The van der Waals surface area contributed by atoms with Crippen LogP contribution >= 0.6 is 0 Å². The summed E-state index contributed by atoms with van der Waals surface area (Å²) < 4.78 is 92.3. The van der Waals surface area contributed by atoms with Crippen LogP contribution < -0.4 is 4.74 Å². The van der Waals surface area contributed by atoms with E-state index in [0.717, 1.165) is 50.7 Å². The quantitative estimate of drug-likeness (QED) is 0.0644. The van der Waals surface area contributed by atoms with Gasteiger partial charge in [0.1, 0.15) is 177 Å². The summed E-state index contributed by atoms with van der Waals surface area (Å²) >= 11 is 0. The molecule has 14 aliphatic heterocycles. The summed E-state index contributed by atoms with van der Waals surface area (Å²) in [5.74, 6) is -1.44. The van der Waals surface area contributed by atoms with Crippen LogP contribution in [0.15, 0.2) is 12.1 Å². The molecule has 4 saturated carbocycles. The summed E-state index contributed by atoms with van der Waals surface area (Å²) in [7, 11) is 0. The fourth-order valence-electron chi connectivity index (χ4n) is 18.8. The SMILES string of the molecule is O=C(O)c1cc(OCCCCCN2CCCCN(CCC34CC5CC(CC(C5)C3)C4)CC3O[C@H]4O[C@H]5C(CO)O[C@@H](O[C@H]6C(CO)O[C@@H](O[C@H]7C(CO)O[C@@H](O[C@H]8C(C2)O[C@@H](O[C@H]2C(CO)O[C@@H](O[C@H]9C(CO)O[C@@H](O[C@@H]3C(O)[C@@H]4O)[C@@H](O)C9O)[C@@H](O)C2O)[C@@H](O)C8O)[C@@H](O)C7O)[C@@H](O)C6O)[C@@H](O)C5O)cc(C(=O)O)n1. The van der Waals surface area contributed by atoms with Crippen molar-refractivity contribution in [2.45, 2.75) is 292 Å². The van der Waals surface area contributed by atoms with Crippen LogP contribution in [0.1, 0.15) is 98.0 Å². The Morgan fingerprint density at radius 3 is 0.973 bits per heavy atom. The maximum atomic E-state index is 12.6. The number of hydrogen-bond acceptors (Lipinski definition) is 39. The Bertz CT molecular complexity index is 3100. The van der Waals surface area contributed by atoms with Crippen molar-refractivity contribution in [3.8, 4) is 5.75 Å². The molecule has 21 N–H and O–H groups in total. The number of carboxylic acids is 2. The van der Waals surface area contributed by atoms with Crippen molar-refractivity contribution in [3.63, 3.8) is 0 Å². The Hall–Kier alpha value is -3.51. The second kappa shape index (κ2) is 36.8. The number of hydrogen-bond donors (Lipinski definition) is 21. The summed E-state index contributed by atoms with van der Waals surface area (Å²) in [5, 5.41) is 242. The molecule has 14 unspecified atom stereocenters. The molecular weight excluding hydrogens is 1490 g/mol. The Labute approximate surface area is 636 Å². The van der Waals surface area contributed by atoms with E-state index < -0.39 is 271 Å². The molecule has 0 aromatic carbocycles. The van der Waals surface area contributed by atoms with E-state index in [-0.39, 0.29) is 50.5 Å². The Balaban J connectivity index is 0.883. The van der Waals surface area contributed by atoms with Gasteiger partial charge in [-0.1, -0.05) is 0 Å². The van der Waals surface area contributed by atoms with Gasteiger partial charge in [0, 0.05) is 25.2 Å². The zero-order valence-electron chi connectivity index (χ0n) is 60.7. The Kier molecular flexibility index (Phi) is 28.3. The largest absolute Gasteiger partial charge is 0.493 e. The molecule has 18 aliphatic rings. The van der Waals surface area contributed by atoms with Gasteiger partial charge in [0.15, 0.2) is 55.4 Å². The van der Waals surface area contributed by atoms with Crippen molar-refractivity contribution < 1.29 is 188 Å². The lowest BCUT2D eigenvalue weighted by Crippen LogP contribution is -2.68. The lowest BCUT2D eigenvalue weighted by Gasteiger charge is -2.57. The normalized spacial score (nSPS) is 48.3. The van der Waals surface area contributed by atoms with E-state index >= 15 is 0 Å². The summed E-state index contributed by atoms with van der Waals surface area (Å²) in [5.41, 5.74) is -1.18. The van der Waals surface area contributed by atoms with Gasteiger partial charge in [-0.15, -0.1) is 0 Å². The number of aliphatic hydroxyl groups is 19. The highest BCUT2D eigenvalue weighted by atomic mass is 16.8. The molecule has 15 heterocycles. The van der Waals surface area contributed by atoms with Gasteiger partial charge in [-0.3, -0.25) is 0 Å². The van der Waals surface area contributed by atoms with E-state index in [9.17, 15) is 117 Å². The van der Waals surface area contributed by atoms with Crippen molar-refractivity contribution in [2.24, 2.45) is 23.2 Å². The minimum Gasteiger partial charge on any atom is -0.493 e. The van der Waals surface area contributed by atoms with Crippen LogP contribution in [-0.2, 0) is 66.3 Å². The van der Waals surface area contributed by atoms with Gasteiger partial charge in [0.05, 0.1) is 39.6 Å². The monoisotopic (exact) mass is 1600 g/mol. The average molecular weight is 1600 g/mol. The van der Waals surface area contributed by atoms with Gasteiger partial charge in [-0.05, 0) is 126 Å². The molecule has 0 spiro atoms. The number of ether oxygens (including phenoxy) is 15. The van der Waals surface area contributed by atoms with E-state index in [1.54, 1.807) is 0 Å². The van der Waals surface area contributed by atoms with Crippen LogP contribution in [0, 0.1) is 23.2 Å². The number of pyridine rings is 1. The third-order valence-electron chi connectivity index (χ3n) is 24.2. The summed E-state index contributed by atoms with van der Waals surface area (Å²) in [6.45, 7) is -4.70. The number of aromatic nitrogens is 1. The highest BCUT2D eigenvalue weighted by Gasteiger charge is 2.61. The third-order valence-corrected chi connectivity index (χ3v) is 24.2. The number of carboxylic acid groups (broad SMARTS) is 2. The minimum atomic E-state index is -2.24. The molecule has 14 saturated heterocycles. The number of fused-ring (bicyclic) bond motifs is 5. The van der Waals surface area contributed by atoms with Crippen molar-refractivity contribution in [3.05, 3.63) is 23.5 Å². The van der Waals surface area contributed by atoms with E-state index in [4.69, 9.17) is 71.1 Å². The molecule has 18 bridgehead atoms. The first-order valence-electron chi connectivity index (χ1n) is 38.4. The molecule has 18 fully saturated rings. The first-order chi connectivity index (χ1) is 53.1. The van der Waals surface area contributed by atoms with E-state index in [1.165, 1.54) is 0 Å². The van der Waals surface area contributed by atoms with Crippen molar-refractivity contribution >= 4 is 11.9 Å². The van der Waals surface area contributed by atoms with E-state index in [2.05, 4.69) is 9.88 Å². The maximum absolute atomic E-state index is 12.6. The molecule has 0 amide bonds. The van der Waals surface area contributed by atoms with Crippen molar-refractivity contribution in [2.75, 3.05) is 78.9 Å². The van der Waals surface area contributed by atoms with Gasteiger partial charge in [-0.25, -0.2) is 14.6 Å². The van der Waals surface area contributed by atoms with Crippen LogP contribution in [0.4, 0.5) is 0 Å². The average Bonchev–Trinajstić information content (AvgIpc) is 0.776.